The third-order valence-electron chi connectivity index (χ3n) is 6.49. The number of nitriles is 1. The van der Waals surface area contributed by atoms with Gasteiger partial charge in [-0.15, -0.1) is 11.3 Å². The molecule has 0 radical (unpaired) electrons. The van der Waals surface area contributed by atoms with Crippen molar-refractivity contribution in [1.29, 1.82) is 5.26 Å². The van der Waals surface area contributed by atoms with Crippen molar-refractivity contribution < 1.29 is 14.1 Å². The SMILES string of the molecule is CC(C)c1ccc(NC(=O)/C(C#N)=c2/s/c(=C/c3ccc(-c4ccccc4[N+](=O)[O-])o3)c(=O)n2-c2ccccc2)cc1. The molecule has 0 aliphatic rings. The number of nitrogens with one attached hydrogen (secondary N) is 1. The number of nitrogens with zero attached hydrogens (tertiary/aromatic N) is 3. The van der Waals surface area contributed by atoms with Crippen LogP contribution in [0.1, 0.15) is 31.1 Å². The Morgan fingerprint density at radius 1 is 1.02 bits per heavy atom. The van der Waals surface area contributed by atoms with Gasteiger partial charge in [-0.2, -0.15) is 5.26 Å². The number of thiazole rings is 1. The molecule has 0 aliphatic heterocycles. The molecule has 0 spiro atoms. The van der Waals surface area contributed by atoms with Crippen molar-refractivity contribution in [2.24, 2.45) is 0 Å². The summed E-state index contributed by atoms with van der Waals surface area (Å²) in [5.41, 5.74) is 1.62. The molecule has 2 aromatic heterocycles. The van der Waals surface area contributed by atoms with Gasteiger partial charge in [0.25, 0.3) is 17.2 Å². The number of hydrogen-bond acceptors (Lipinski definition) is 7. The summed E-state index contributed by atoms with van der Waals surface area (Å²) in [7, 11) is 0. The third kappa shape index (κ3) is 5.68. The van der Waals surface area contributed by atoms with Crippen LogP contribution in [-0.4, -0.2) is 15.4 Å². The maximum atomic E-state index is 13.7. The number of rotatable bonds is 7. The zero-order chi connectivity index (χ0) is 29.8. The number of hydrogen-bond donors (Lipinski definition) is 1. The van der Waals surface area contributed by atoms with Gasteiger partial charge in [-0.1, -0.05) is 56.3 Å². The van der Waals surface area contributed by atoms with Crippen LogP contribution in [0.4, 0.5) is 11.4 Å². The molecule has 1 N–H and O–H groups in total. The highest BCUT2D eigenvalue weighted by Crippen LogP contribution is 2.31. The molecule has 3 aromatic carbocycles. The molecule has 5 aromatic rings. The smallest absolute Gasteiger partial charge is 0.280 e. The number of carbonyl (C=O) groups is 1. The molecule has 5 rings (SSSR count). The number of para-hydroxylation sites is 2. The lowest BCUT2D eigenvalue weighted by Crippen LogP contribution is -2.32. The average molecular weight is 577 g/mol. The van der Waals surface area contributed by atoms with Crippen molar-refractivity contribution in [2.45, 2.75) is 19.8 Å². The third-order valence-corrected chi connectivity index (χ3v) is 7.58. The lowest BCUT2D eigenvalue weighted by molar-refractivity contribution is -0.384. The van der Waals surface area contributed by atoms with E-state index in [0.29, 0.717) is 22.9 Å². The van der Waals surface area contributed by atoms with Crippen molar-refractivity contribution in [3.8, 4) is 23.1 Å². The van der Waals surface area contributed by atoms with E-state index in [1.54, 1.807) is 72.8 Å². The van der Waals surface area contributed by atoms with Crippen molar-refractivity contribution in [3.05, 3.63) is 132 Å². The van der Waals surface area contributed by atoms with Gasteiger partial charge < -0.3 is 9.73 Å². The monoisotopic (exact) mass is 576 g/mol. The van der Waals surface area contributed by atoms with Gasteiger partial charge in [-0.3, -0.25) is 24.3 Å². The molecule has 0 saturated heterocycles. The predicted molar refractivity (Wildman–Crippen MR) is 162 cm³/mol. The molecule has 0 atom stereocenters. The van der Waals surface area contributed by atoms with Gasteiger partial charge in [-0.25, -0.2) is 0 Å². The fourth-order valence-electron chi connectivity index (χ4n) is 4.35. The van der Waals surface area contributed by atoms with Gasteiger partial charge in [0.1, 0.15) is 22.3 Å². The Balaban J connectivity index is 1.62. The number of anilines is 1. The molecule has 208 valence electrons. The van der Waals surface area contributed by atoms with E-state index < -0.39 is 16.4 Å². The van der Waals surface area contributed by atoms with Crippen LogP contribution in [-0.2, 0) is 4.79 Å². The van der Waals surface area contributed by atoms with Gasteiger partial charge in [0, 0.05) is 17.8 Å². The van der Waals surface area contributed by atoms with Gasteiger partial charge in [-0.05, 0) is 53.9 Å². The molecular weight excluding hydrogens is 552 g/mol. The topological polar surface area (TPSA) is 131 Å². The number of benzene rings is 3. The van der Waals surface area contributed by atoms with Crippen LogP contribution in [0.25, 0.3) is 28.7 Å². The molecule has 0 saturated carbocycles. The van der Waals surface area contributed by atoms with Crippen molar-refractivity contribution >= 4 is 40.3 Å². The summed E-state index contributed by atoms with van der Waals surface area (Å²) in [6.45, 7) is 4.14. The molecule has 10 heteroatoms. The molecule has 0 unspecified atom stereocenters. The molecule has 9 nitrogen and oxygen atoms in total. The second-order valence-electron chi connectivity index (χ2n) is 9.59. The normalized spacial score (nSPS) is 12.2. The second-order valence-corrected chi connectivity index (χ2v) is 10.6. The molecule has 0 aliphatic carbocycles. The maximum absolute atomic E-state index is 13.7. The second kappa shape index (κ2) is 11.9. The number of carbonyl (C=O) groups excluding carboxylic acids is 1. The van der Waals surface area contributed by atoms with Crippen LogP contribution in [0, 0.1) is 21.4 Å². The predicted octanol–water partition coefficient (Wildman–Crippen LogP) is 5.33. The minimum atomic E-state index is -0.649. The molecule has 0 fully saturated rings. The Morgan fingerprint density at radius 2 is 1.71 bits per heavy atom. The standard InChI is InChI=1S/C32H24N4O5S/c1-20(2)21-12-14-22(15-13-21)34-30(37)26(19-33)32-35(23-8-4-3-5-9-23)31(38)29(42-32)18-24-16-17-28(41-24)25-10-6-7-11-27(25)36(39)40/h3-18,20H,1-2H3,(H,34,37)/b29-18+,32-26+. The summed E-state index contributed by atoms with van der Waals surface area (Å²) in [6, 6.07) is 27.4. The molecule has 42 heavy (non-hydrogen) atoms. The van der Waals surface area contributed by atoms with E-state index in [1.165, 1.54) is 16.7 Å². The van der Waals surface area contributed by atoms with Crippen LogP contribution in [0.3, 0.4) is 0 Å². The van der Waals surface area contributed by atoms with E-state index in [1.807, 2.05) is 18.2 Å². The first kappa shape index (κ1) is 28.0. The summed E-state index contributed by atoms with van der Waals surface area (Å²) in [6.07, 6.45) is 1.49. The molecule has 0 bridgehead atoms. The Labute approximate surface area is 244 Å². The lowest BCUT2D eigenvalue weighted by atomic mass is 10.0. The maximum Gasteiger partial charge on any atom is 0.280 e. The highest BCUT2D eigenvalue weighted by molar-refractivity contribution is 7.07. The van der Waals surface area contributed by atoms with Gasteiger partial charge in [0.2, 0.25) is 0 Å². The fraction of sp³-hybridized carbons (Fsp3) is 0.0938. The van der Waals surface area contributed by atoms with Crippen molar-refractivity contribution in [1.82, 2.24) is 4.57 Å². The number of nitro groups is 1. The van der Waals surface area contributed by atoms with E-state index in [4.69, 9.17) is 4.42 Å². The van der Waals surface area contributed by atoms with Crippen LogP contribution >= 0.6 is 11.3 Å². The first-order valence-corrected chi connectivity index (χ1v) is 13.8. The average Bonchev–Trinajstić information content (AvgIpc) is 3.58. The van der Waals surface area contributed by atoms with Crippen molar-refractivity contribution in [3.63, 3.8) is 0 Å². The minimum absolute atomic E-state index is 0.110. The van der Waals surface area contributed by atoms with Gasteiger partial charge in [0.15, 0.2) is 5.57 Å². The molecule has 2 heterocycles. The summed E-state index contributed by atoms with van der Waals surface area (Å²) in [4.78, 5) is 38.0. The van der Waals surface area contributed by atoms with E-state index in [2.05, 4.69) is 19.2 Å². The number of aromatic nitrogens is 1. The van der Waals surface area contributed by atoms with E-state index in [0.717, 1.165) is 16.9 Å². The first-order valence-electron chi connectivity index (χ1n) is 12.9. The van der Waals surface area contributed by atoms with Crippen LogP contribution in [0.5, 0.6) is 0 Å². The summed E-state index contributed by atoms with van der Waals surface area (Å²) in [5.74, 6) is 0.219. The highest BCUT2D eigenvalue weighted by Gasteiger charge is 2.19. The number of nitro benzene ring substituents is 1. The lowest BCUT2D eigenvalue weighted by Gasteiger charge is -2.08. The van der Waals surface area contributed by atoms with Crippen LogP contribution in [0.2, 0.25) is 0 Å². The largest absolute Gasteiger partial charge is 0.456 e. The van der Waals surface area contributed by atoms with Crippen LogP contribution in [0.15, 0.2) is 100 Å². The Bertz CT molecular complexity index is 2010. The van der Waals surface area contributed by atoms with Crippen LogP contribution < -0.4 is 20.1 Å². The number of amides is 1. The summed E-state index contributed by atoms with van der Waals surface area (Å²) in [5, 5.41) is 24.3. The van der Waals surface area contributed by atoms with Crippen molar-refractivity contribution in [2.75, 3.05) is 5.32 Å². The quantitative estimate of drug-likeness (QED) is 0.206. The zero-order valence-corrected chi connectivity index (χ0v) is 23.4. The Kier molecular flexibility index (Phi) is 7.95. The number of furan rings is 1. The van der Waals surface area contributed by atoms with E-state index in [-0.39, 0.29) is 32.0 Å². The molecular formula is C32H24N4O5S. The minimum Gasteiger partial charge on any atom is -0.456 e. The highest BCUT2D eigenvalue weighted by atomic mass is 32.1. The fourth-order valence-corrected chi connectivity index (χ4v) is 5.43. The Hall–Kier alpha value is -5.53. The Morgan fingerprint density at radius 3 is 2.38 bits per heavy atom. The first-order chi connectivity index (χ1) is 20.3. The summed E-state index contributed by atoms with van der Waals surface area (Å²) < 4.78 is 7.55. The van der Waals surface area contributed by atoms with Gasteiger partial charge >= 0.3 is 0 Å². The summed E-state index contributed by atoms with van der Waals surface area (Å²) >= 11 is 0.973. The zero-order valence-electron chi connectivity index (χ0n) is 22.6. The van der Waals surface area contributed by atoms with Gasteiger partial charge in [0.05, 0.1) is 20.7 Å². The molecule has 1 amide bonds. The van der Waals surface area contributed by atoms with E-state index >= 15 is 0 Å². The van der Waals surface area contributed by atoms with E-state index in [9.17, 15) is 25.0 Å².